The summed E-state index contributed by atoms with van der Waals surface area (Å²) in [6.45, 7) is 4.26. The molecule has 5 heteroatoms. The van der Waals surface area contributed by atoms with Crippen LogP contribution in [0.15, 0.2) is 72.8 Å². The van der Waals surface area contributed by atoms with Crippen LogP contribution in [0.4, 0.5) is 5.69 Å². The van der Waals surface area contributed by atoms with Gasteiger partial charge in [0.25, 0.3) is 0 Å². The summed E-state index contributed by atoms with van der Waals surface area (Å²) >= 11 is 0. The molecule has 0 heterocycles. The van der Waals surface area contributed by atoms with Crippen LogP contribution in [0.1, 0.15) is 48.1 Å². The van der Waals surface area contributed by atoms with Crippen molar-refractivity contribution in [1.82, 2.24) is 0 Å². The monoisotopic (exact) mass is 454 g/mol. The summed E-state index contributed by atoms with van der Waals surface area (Å²) in [7, 11) is 1.65. The van der Waals surface area contributed by atoms with Gasteiger partial charge in [-0.2, -0.15) is 0 Å². The normalized spacial score (nSPS) is 11.7. The molecule has 3 N–H and O–H groups in total. The van der Waals surface area contributed by atoms with Crippen molar-refractivity contribution < 1.29 is 14.3 Å². The van der Waals surface area contributed by atoms with Crippen LogP contribution in [-0.4, -0.2) is 25.9 Å². The second kappa shape index (κ2) is 11.7. The van der Waals surface area contributed by atoms with Crippen molar-refractivity contribution in [2.45, 2.75) is 20.3 Å². The molecular formula is C29H30N2O3. The van der Waals surface area contributed by atoms with Gasteiger partial charge in [-0.3, -0.25) is 0 Å². The standard InChI is InChI=1S/C29H30N2O3/c1-4-26(21-11-14-25(33-3)15-12-21)29(23-13-16-27(31)24(18-23)19-30)22-9-6-20(7-10-22)8-17-28(32)34-5-2/h6-19,30H,4-5,31H2,1-3H3/b17-8+,29-26+,30-19?. The van der Waals surface area contributed by atoms with Gasteiger partial charge < -0.3 is 20.6 Å². The van der Waals surface area contributed by atoms with E-state index in [0.29, 0.717) is 17.9 Å². The second-order valence-corrected chi connectivity index (χ2v) is 7.63. The number of nitrogens with two attached hydrogens (primary N) is 1. The Balaban J connectivity index is 2.14. The van der Waals surface area contributed by atoms with Crippen LogP contribution in [0.2, 0.25) is 0 Å². The molecule has 0 spiro atoms. The number of ether oxygens (including phenoxy) is 2. The van der Waals surface area contributed by atoms with Crippen LogP contribution in [0.3, 0.4) is 0 Å². The Kier molecular flexibility index (Phi) is 8.41. The van der Waals surface area contributed by atoms with Crippen molar-refractivity contribution >= 4 is 35.1 Å². The summed E-state index contributed by atoms with van der Waals surface area (Å²) in [5.41, 5.74) is 13.5. The molecule has 0 saturated heterocycles. The number of carbonyl (C=O) groups is 1. The summed E-state index contributed by atoms with van der Waals surface area (Å²) in [6, 6.07) is 21.8. The Hall–Kier alpha value is -4.12. The van der Waals surface area contributed by atoms with E-state index in [1.807, 2.05) is 54.6 Å². The minimum atomic E-state index is -0.360. The topological polar surface area (TPSA) is 85.4 Å². The number of rotatable bonds is 9. The van der Waals surface area contributed by atoms with Gasteiger partial charge in [-0.05, 0) is 77.1 Å². The average Bonchev–Trinajstić information content (AvgIpc) is 2.87. The molecule has 0 radical (unpaired) electrons. The van der Waals surface area contributed by atoms with Crippen LogP contribution in [-0.2, 0) is 9.53 Å². The number of hydrogen-bond acceptors (Lipinski definition) is 5. The fraction of sp³-hybridized carbons (Fsp3) is 0.172. The van der Waals surface area contributed by atoms with Crippen molar-refractivity contribution in [3.8, 4) is 5.75 Å². The number of nitrogens with one attached hydrogen (secondary N) is 1. The van der Waals surface area contributed by atoms with E-state index in [4.69, 9.17) is 20.6 Å². The zero-order valence-electron chi connectivity index (χ0n) is 19.8. The highest BCUT2D eigenvalue weighted by Crippen LogP contribution is 2.36. The average molecular weight is 455 g/mol. The van der Waals surface area contributed by atoms with Crippen LogP contribution in [0.25, 0.3) is 17.2 Å². The Morgan fingerprint density at radius 1 is 0.941 bits per heavy atom. The van der Waals surface area contributed by atoms with Gasteiger partial charge in [0.05, 0.1) is 13.7 Å². The molecule has 3 rings (SSSR count). The predicted molar refractivity (Wildman–Crippen MR) is 140 cm³/mol. The molecule has 0 saturated carbocycles. The molecule has 0 aliphatic heterocycles. The molecule has 5 nitrogen and oxygen atoms in total. The maximum atomic E-state index is 11.6. The van der Waals surface area contributed by atoms with Crippen LogP contribution < -0.4 is 10.5 Å². The Morgan fingerprint density at radius 2 is 1.59 bits per heavy atom. The first-order valence-corrected chi connectivity index (χ1v) is 11.2. The zero-order chi connectivity index (χ0) is 24.5. The van der Waals surface area contributed by atoms with E-state index in [2.05, 4.69) is 19.1 Å². The van der Waals surface area contributed by atoms with Crippen molar-refractivity contribution in [2.75, 3.05) is 19.5 Å². The maximum Gasteiger partial charge on any atom is 0.330 e. The quantitative estimate of drug-likeness (QED) is 0.132. The lowest BCUT2D eigenvalue weighted by molar-refractivity contribution is -0.137. The highest BCUT2D eigenvalue weighted by molar-refractivity contribution is 6.00. The van der Waals surface area contributed by atoms with Crippen molar-refractivity contribution in [2.24, 2.45) is 0 Å². The van der Waals surface area contributed by atoms with E-state index < -0.39 is 0 Å². The molecule has 174 valence electrons. The number of nitrogen functional groups attached to an aromatic ring is 1. The van der Waals surface area contributed by atoms with Gasteiger partial charge >= 0.3 is 5.97 Å². The van der Waals surface area contributed by atoms with Gasteiger partial charge in [-0.15, -0.1) is 0 Å². The summed E-state index contributed by atoms with van der Waals surface area (Å²) in [5, 5.41) is 7.75. The van der Waals surface area contributed by atoms with Crippen molar-refractivity contribution in [3.63, 3.8) is 0 Å². The van der Waals surface area contributed by atoms with Gasteiger partial charge in [0.15, 0.2) is 0 Å². The number of benzene rings is 3. The highest BCUT2D eigenvalue weighted by Gasteiger charge is 2.14. The Morgan fingerprint density at radius 3 is 2.18 bits per heavy atom. The zero-order valence-corrected chi connectivity index (χ0v) is 19.8. The van der Waals surface area contributed by atoms with Gasteiger partial charge in [-0.25, -0.2) is 4.79 Å². The van der Waals surface area contributed by atoms with E-state index in [1.54, 1.807) is 20.1 Å². The Bertz CT molecular complexity index is 1210. The molecule has 0 aliphatic rings. The summed E-state index contributed by atoms with van der Waals surface area (Å²) in [5.74, 6) is 0.443. The predicted octanol–water partition coefficient (Wildman–Crippen LogP) is 6.22. The van der Waals surface area contributed by atoms with E-state index in [-0.39, 0.29) is 5.97 Å². The largest absolute Gasteiger partial charge is 0.497 e. The first kappa shape index (κ1) is 24.5. The fourth-order valence-electron chi connectivity index (χ4n) is 3.80. The van der Waals surface area contributed by atoms with Gasteiger partial charge in [0, 0.05) is 23.5 Å². The van der Waals surface area contributed by atoms with Gasteiger partial charge in [-0.1, -0.05) is 49.4 Å². The molecule has 3 aromatic rings. The third-order valence-corrected chi connectivity index (χ3v) is 5.52. The molecule has 3 aromatic carbocycles. The number of esters is 1. The smallest absolute Gasteiger partial charge is 0.330 e. The molecule has 0 atom stereocenters. The van der Waals surface area contributed by atoms with E-state index in [9.17, 15) is 4.79 Å². The van der Waals surface area contributed by atoms with Gasteiger partial charge in [0.1, 0.15) is 5.75 Å². The van der Waals surface area contributed by atoms with Gasteiger partial charge in [0.2, 0.25) is 0 Å². The molecule has 0 amide bonds. The minimum absolute atomic E-state index is 0.348. The number of methoxy groups -OCH3 is 1. The Labute approximate surface area is 201 Å². The van der Waals surface area contributed by atoms with Crippen molar-refractivity contribution in [3.05, 3.63) is 101 Å². The van der Waals surface area contributed by atoms with Crippen LogP contribution >= 0.6 is 0 Å². The first-order chi connectivity index (χ1) is 16.5. The molecular weight excluding hydrogens is 424 g/mol. The lowest BCUT2D eigenvalue weighted by Crippen LogP contribution is -1.99. The minimum Gasteiger partial charge on any atom is -0.497 e. The number of anilines is 1. The van der Waals surface area contributed by atoms with E-state index in [1.165, 1.54) is 12.3 Å². The third-order valence-electron chi connectivity index (χ3n) is 5.52. The fourth-order valence-corrected chi connectivity index (χ4v) is 3.80. The summed E-state index contributed by atoms with van der Waals surface area (Å²) < 4.78 is 10.3. The molecule has 0 fully saturated rings. The maximum absolute atomic E-state index is 11.6. The number of carbonyl (C=O) groups excluding carboxylic acids is 1. The van der Waals surface area contributed by atoms with Crippen molar-refractivity contribution in [1.29, 1.82) is 5.41 Å². The SMILES string of the molecule is CCOC(=O)/C=C/c1ccc(/C(=C(/CC)c2ccc(OC)cc2)c2ccc(N)c(C=N)c2)cc1. The lowest BCUT2D eigenvalue weighted by Gasteiger charge is -2.18. The van der Waals surface area contributed by atoms with Crippen LogP contribution in [0, 0.1) is 5.41 Å². The molecule has 34 heavy (non-hydrogen) atoms. The molecule has 0 aliphatic carbocycles. The molecule has 0 unspecified atom stereocenters. The molecule has 0 aromatic heterocycles. The van der Waals surface area contributed by atoms with E-state index >= 15 is 0 Å². The second-order valence-electron chi connectivity index (χ2n) is 7.63. The molecule has 0 bridgehead atoms. The first-order valence-electron chi connectivity index (χ1n) is 11.2. The number of hydrogen-bond donors (Lipinski definition) is 2. The van der Waals surface area contributed by atoms with E-state index in [0.717, 1.165) is 45.6 Å². The highest BCUT2D eigenvalue weighted by atomic mass is 16.5. The summed E-state index contributed by atoms with van der Waals surface area (Å²) in [6.07, 6.45) is 5.25. The third kappa shape index (κ3) is 5.81. The lowest BCUT2D eigenvalue weighted by atomic mass is 9.87. The summed E-state index contributed by atoms with van der Waals surface area (Å²) in [4.78, 5) is 11.6. The van der Waals surface area contributed by atoms with Crippen LogP contribution in [0.5, 0.6) is 5.75 Å². The number of allylic oxidation sites excluding steroid dienone is 1.